The fourth-order valence-corrected chi connectivity index (χ4v) is 2.96. The molecule has 2 aromatic heterocycles. The van der Waals surface area contributed by atoms with Gasteiger partial charge >= 0.3 is 0 Å². The molecule has 0 saturated carbocycles. The lowest BCUT2D eigenvalue weighted by molar-refractivity contribution is 0.0517. The first kappa shape index (κ1) is 18.9. The Kier molecular flexibility index (Phi) is 6.40. The molecule has 3 heterocycles. The van der Waals surface area contributed by atoms with E-state index in [0.29, 0.717) is 43.5 Å². The highest BCUT2D eigenvalue weighted by Crippen LogP contribution is 2.12. The fourth-order valence-electron chi connectivity index (χ4n) is 2.96. The Hall–Kier alpha value is -2.90. The van der Waals surface area contributed by atoms with Gasteiger partial charge in [-0.25, -0.2) is 9.97 Å². The molecule has 0 spiro atoms. The smallest absolute Gasteiger partial charge is 0.289 e. The van der Waals surface area contributed by atoms with Crippen LogP contribution in [0, 0.1) is 0 Å². The quantitative estimate of drug-likeness (QED) is 0.751. The Morgan fingerprint density at radius 1 is 1.07 bits per heavy atom. The molecule has 2 amide bonds. The van der Waals surface area contributed by atoms with E-state index >= 15 is 0 Å². The van der Waals surface area contributed by atoms with Gasteiger partial charge in [0.1, 0.15) is 0 Å². The summed E-state index contributed by atoms with van der Waals surface area (Å²) < 4.78 is 5.15. The van der Waals surface area contributed by atoms with Crippen molar-refractivity contribution in [1.82, 2.24) is 19.8 Å². The first-order valence-corrected chi connectivity index (χ1v) is 9.37. The fraction of sp³-hybridized carbons (Fsp3) is 0.474. The van der Waals surface area contributed by atoms with Crippen molar-refractivity contribution >= 4 is 17.8 Å². The summed E-state index contributed by atoms with van der Waals surface area (Å²) in [5, 5.41) is 3.16. The van der Waals surface area contributed by atoms with Gasteiger partial charge in [-0.15, -0.1) is 0 Å². The van der Waals surface area contributed by atoms with Gasteiger partial charge in [0.2, 0.25) is 5.95 Å². The lowest BCUT2D eigenvalue weighted by Crippen LogP contribution is -2.50. The van der Waals surface area contributed by atoms with E-state index in [0.717, 1.165) is 25.8 Å². The minimum atomic E-state index is -0.145. The van der Waals surface area contributed by atoms with Gasteiger partial charge in [-0.1, -0.05) is 19.8 Å². The summed E-state index contributed by atoms with van der Waals surface area (Å²) in [6.07, 6.45) is 7.99. The number of hydrogen-bond acceptors (Lipinski definition) is 6. The average Bonchev–Trinajstić information content (AvgIpc) is 3.26. The normalized spacial score (nSPS) is 14.3. The Balaban J connectivity index is 1.49. The number of piperazine rings is 1. The number of rotatable bonds is 7. The van der Waals surface area contributed by atoms with Crippen molar-refractivity contribution in [2.75, 3.05) is 38.0 Å². The van der Waals surface area contributed by atoms with E-state index in [-0.39, 0.29) is 11.8 Å². The highest BCUT2D eigenvalue weighted by atomic mass is 16.3. The zero-order valence-corrected chi connectivity index (χ0v) is 15.6. The number of nitrogens with one attached hydrogen (secondary N) is 1. The molecule has 3 rings (SSSR count). The van der Waals surface area contributed by atoms with Gasteiger partial charge in [0, 0.05) is 45.1 Å². The third kappa shape index (κ3) is 4.84. The lowest BCUT2D eigenvalue weighted by atomic mass is 10.2. The summed E-state index contributed by atoms with van der Waals surface area (Å²) >= 11 is 0. The van der Waals surface area contributed by atoms with Crippen molar-refractivity contribution in [1.29, 1.82) is 0 Å². The van der Waals surface area contributed by atoms with Crippen LogP contribution in [0.25, 0.3) is 0 Å². The summed E-state index contributed by atoms with van der Waals surface area (Å²) in [6.45, 7) is 4.88. The van der Waals surface area contributed by atoms with Crippen molar-refractivity contribution in [3.05, 3.63) is 42.1 Å². The first-order valence-electron chi connectivity index (χ1n) is 9.37. The van der Waals surface area contributed by atoms with Crippen molar-refractivity contribution in [3.63, 3.8) is 0 Å². The lowest BCUT2D eigenvalue weighted by Gasteiger charge is -2.34. The largest absolute Gasteiger partial charge is 0.459 e. The summed E-state index contributed by atoms with van der Waals surface area (Å²) in [4.78, 5) is 36.8. The molecule has 144 valence electrons. The van der Waals surface area contributed by atoms with Crippen molar-refractivity contribution in [2.45, 2.75) is 26.2 Å². The third-order valence-electron chi connectivity index (χ3n) is 4.55. The number of aromatic nitrogens is 2. The standard InChI is InChI=1S/C19H25N5O3/c1-2-3-4-7-20-19-21-13-15(14-22-19)17(25)23-8-10-24(11-9-23)18(26)16-6-5-12-27-16/h5-6,12-14H,2-4,7-11H2,1H3,(H,20,21,22). The van der Waals surface area contributed by atoms with E-state index in [1.54, 1.807) is 34.3 Å². The molecule has 1 aliphatic rings. The third-order valence-corrected chi connectivity index (χ3v) is 4.55. The maximum Gasteiger partial charge on any atom is 0.289 e. The van der Waals surface area contributed by atoms with Gasteiger partial charge in [-0.2, -0.15) is 0 Å². The van der Waals surface area contributed by atoms with E-state index in [1.807, 2.05) is 0 Å². The van der Waals surface area contributed by atoms with Crippen molar-refractivity contribution in [3.8, 4) is 0 Å². The van der Waals surface area contributed by atoms with Crippen molar-refractivity contribution in [2.24, 2.45) is 0 Å². The van der Waals surface area contributed by atoms with Crippen LogP contribution < -0.4 is 5.32 Å². The monoisotopic (exact) mass is 371 g/mol. The second-order valence-corrected chi connectivity index (χ2v) is 6.49. The first-order chi connectivity index (χ1) is 13.2. The van der Waals surface area contributed by atoms with Crippen LogP contribution in [0.3, 0.4) is 0 Å². The molecule has 1 saturated heterocycles. The summed E-state index contributed by atoms with van der Waals surface area (Å²) in [5.74, 6) is 0.605. The number of unbranched alkanes of at least 4 members (excludes halogenated alkanes) is 2. The highest BCUT2D eigenvalue weighted by Gasteiger charge is 2.26. The second-order valence-electron chi connectivity index (χ2n) is 6.49. The number of carbonyl (C=O) groups excluding carboxylic acids is 2. The predicted octanol–water partition coefficient (Wildman–Crippen LogP) is 2.27. The molecule has 1 aliphatic heterocycles. The van der Waals surface area contributed by atoms with Gasteiger partial charge in [0.25, 0.3) is 11.8 Å². The van der Waals surface area contributed by atoms with E-state index in [2.05, 4.69) is 22.2 Å². The molecule has 0 aliphatic carbocycles. The van der Waals surface area contributed by atoms with Crippen LogP contribution in [-0.4, -0.2) is 64.3 Å². The molecule has 0 radical (unpaired) electrons. The summed E-state index contributed by atoms with van der Waals surface area (Å²) in [7, 11) is 0. The topological polar surface area (TPSA) is 91.6 Å². The molecule has 0 bridgehead atoms. The van der Waals surface area contributed by atoms with Crippen LogP contribution in [-0.2, 0) is 0 Å². The molecule has 8 nitrogen and oxygen atoms in total. The molecule has 8 heteroatoms. The van der Waals surface area contributed by atoms with Crippen LogP contribution in [0.2, 0.25) is 0 Å². The number of nitrogens with zero attached hydrogens (tertiary/aromatic N) is 4. The SMILES string of the molecule is CCCCCNc1ncc(C(=O)N2CCN(C(=O)c3ccco3)CC2)cn1. The summed E-state index contributed by atoms with van der Waals surface area (Å²) in [6, 6.07) is 3.34. The Morgan fingerprint density at radius 2 is 1.74 bits per heavy atom. The Bertz CT molecular complexity index is 737. The summed E-state index contributed by atoms with van der Waals surface area (Å²) in [5.41, 5.74) is 0.458. The maximum atomic E-state index is 12.6. The Morgan fingerprint density at radius 3 is 2.33 bits per heavy atom. The molecule has 0 aromatic carbocycles. The van der Waals surface area contributed by atoms with Gasteiger partial charge in [0.05, 0.1) is 11.8 Å². The van der Waals surface area contributed by atoms with Crippen LogP contribution >= 0.6 is 0 Å². The van der Waals surface area contributed by atoms with Gasteiger partial charge in [0.15, 0.2) is 5.76 Å². The molecular weight excluding hydrogens is 346 g/mol. The number of amides is 2. The van der Waals surface area contributed by atoms with Gasteiger partial charge in [-0.3, -0.25) is 9.59 Å². The maximum absolute atomic E-state index is 12.6. The van der Waals surface area contributed by atoms with E-state index in [4.69, 9.17) is 4.42 Å². The van der Waals surface area contributed by atoms with E-state index < -0.39 is 0 Å². The number of hydrogen-bond donors (Lipinski definition) is 1. The minimum absolute atomic E-state index is 0.113. The minimum Gasteiger partial charge on any atom is -0.459 e. The number of furan rings is 1. The molecule has 27 heavy (non-hydrogen) atoms. The molecule has 2 aromatic rings. The average molecular weight is 371 g/mol. The molecular formula is C19H25N5O3. The second kappa shape index (κ2) is 9.16. The van der Waals surface area contributed by atoms with Crippen LogP contribution in [0.5, 0.6) is 0 Å². The van der Waals surface area contributed by atoms with Crippen LogP contribution in [0.1, 0.15) is 47.1 Å². The zero-order chi connectivity index (χ0) is 19.1. The molecule has 1 fully saturated rings. The van der Waals surface area contributed by atoms with Crippen molar-refractivity contribution < 1.29 is 14.0 Å². The van der Waals surface area contributed by atoms with E-state index in [9.17, 15) is 9.59 Å². The van der Waals surface area contributed by atoms with E-state index in [1.165, 1.54) is 6.26 Å². The van der Waals surface area contributed by atoms with Crippen LogP contribution in [0.15, 0.2) is 35.2 Å². The van der Waals surface area contributed by atoms with Gasteiger partial charge in [-0.05, 0) is 18.6 Å². The molecule has 0 unspecified atom stereocenters. The molecule has 0 atom stereocenters. The molecule has 1 N–H and O–H groups in total. The predicted molar refractivity (Wildman–Crippen MR) is 101 cm³/mol. The van der Waals surface area contributed by atoms with Crippen LogP contribution in [0.4, 0.5) is 5.95 Å². The zero-order valence-electron chi connectivity index (χ0n) is 15.6. The van der Waals surface area contributed by atoms with Gasteiger partial charge < -0.3 is 19.5 Å². The highest BCUT2D eigenvalue weighted by molar-refractivity contribution is 5.94. The number of carbonyl (C=O) groups is 2. The Labute approximate surface area is 158 Å². The number of anilines is 1.